The van der Waals surface area contributed by atoms with Crippen molar-refractivity contribution in [3.05, 3.63) is 52.8 Å². The van der Waals surface area contributed by atoms with Crippen LogP contribution in [-0.4, -0.2) is 9.97 Å². The summed E-state index contributed by atoms with van der Waals surface area (Å²) in [7, 11) is 0. The van der Waals surface area contributed by atoms with Gasteiger partial charge in [0.25, 0.3) is 5.95 Å². The molecule has 0 bridgehead atoms. The van der Waals surface area contributed by atoms with Crippen LogP contribution in [0, 0.1) is 17.7 Å². The Morgan fingerprint density at radius 1 is 1.22 bits per heavy atom. The molecule has 0 spiro atoms. The molecule has 2 aromatic rings. The Balaban J connectivity index is 2.24. The van der Waals surface area contributed by atoms with Gasteiger partial charge in [-0.1, -0.05) is 17.7 Å². The minimum Gasteiger partial charge on any atom is -0.377 e. The van der Waals surface area contributed by atoms with E-state index in [-0.39, 0.29) is 6.54 Å². The van der Waals surface area contributed by atoms with E-state index in [2.05, 4.69) is 15.3 Å². The largest absolute Gasteiger partial charge is 0.377 e. The van der Waals surface area contributed by atoms with Crippen LogP contribution in [0.4, 0.5) is 18.9 Å². The van der Waals surface area contributed by atoms with Crippen molar-refractivity contribution in [2.24, 2.45) is 0 Å². The van der Waals surface area contributed by atoms with Crippen molar-refractivity contribution < 1.29 is 13.2 Å². The Morgan fingerprint density at radius 2 is 2.00 bits per heavy atom. The van der Waals surface area contributed by atoms with E-state index >= 15 is 0 Å². The summed E-state index contributed by atoms with van der Waals surface area (Å²) in [5.74, 6) is -4.11. The smallest absolute Gasteiger partial charge is 0.253 e. The van der Waals surface area contributed by atoms with Gasteiger partial charge in [0.15, 0.2) is 0 Å². The number of halogens is 4. The fraction of sp³-hybridized carbons (Fsp3) is 0.0909. The van der Waals surface area contributed by atoms with Crippen molar-refractivity contribution in [3.63, 3.8) is 0 Å². The van der Waals surface area contributed by atoms with Crippen LogP contribution in [0.1, 0.15) is 5.56 Å². The maximum Gasteiger partial charge on any atom is 0.253 e. The first-order chi connectivity index (χ1) is 8.59. The molecule has 0 aliphatic heterocycles. The normalized spacial score (nSPS) is 10.4. The lowest BCUT2D eigenvalue weighted by molar-refractivity contribution is 0.450. The first kappa shape index (κ1) is 12.6. The SMILES string of the molecule is Fc1nc(F)c(Cl)c(NCc2cccnc2)c1F. The Bertz CT molecular complexity index is 537. The molecule has 0 saturated carbocycles. The van der Waals surface area contributed by atoms with Gasteiger partial charge in [0.05, 0.1) is 5.69 Å². The van der Waals surface area contributed by atoms with Gasteiger partial charge in [0, 0.05) is 18.9 Å². The molecule has 0 atom stereocenters. The van der Waals surface area contributed by atoms with Crippen LogP contribution >= 0.6 is 11.6 Å². The van der Waals surface area contributed by atoms with Crippen molar-refractivity contribution in [3.8, 4) is 0 Å². The van der Waals surface area contributed by atoms with Crippen LogP contribution < -0.4 is 5.32 Å². The van der Waals surface area contributed by atoms with E-state index in [4.69, 9.17) is 11.6 Å². The van der Waals surface area contributed by atoms with Gasteiger partial charge >= 0.3 is 0 Å². The molecule has 94 valence electrons. The number of pyridine rings is 2. The van der Waals surface area contributed by atoms with Gasteiger partial charge in [-0.2, -0.15) is 18.2 Å². The number of hydrogen-bond donors (Lipinski definition) is 1. The van der Waals surface area contributed by atoms with Crippen LogP contribution in [0.2, 0.25) is 5.02 Å². The molecule has 1 N–H and O–H groups in total. The second-order valence-electron chi connectivity index (χ2n) is 3.41. The monoisotopic (exact) mass is 273 g/mol. The van der Waals surface area contributed by atoms with Crippen molar-refractivity contribution in [1.82, 2.24) is 9.97 Å². The number of nitrogens with zero attached hydrogens (tertiary/aromatic N) is 2. The zero-order valence-electron chi connectivity index (χ0n) is 8.92. The molecule has 0 saturated heterocycles. The number of hydrogen-bond acceptors (Lipinski definition) is 3. The Kier molecular flexibility index (Phi) is 3.66. The van der Waals surface area contributed by atoms with Crippen molar-refractivity contribution in [2.75, 3.05) is 5.32 Å². The average Bonchev–Trinajstić information content (AvgIpc) is 2.38. The maximum absolute atomic E-state index is 13.4. The minimum absolute atomic E-state index is 0.132. The third-order valence-corrected chi connectivity index (χ3v) is 2.53. The zero-order chi connectivity index (χ0) is 13.1. The summed E-state index contributed by atoms with van der Waals surface area (Å²) in [5.41, 5.74) is 0.260. The van der Waals surface area contributed by atoms with Gasteiger partial charge in [-0.25, -0.2) is 0 Å². The van der Waals surface area contributed by atoms with Gasteiger partial charge in [0.2, 0.25) is 11.8 Å². The van der Waals surface area contributed by atoms with E-state index in [9.17, 15) is 13.2 Å². The number of anilines is 1. The topological polar surface area (TPSA) is 37.8 Å². The van der Waals surface area contributed by atoms with Crippen LogP contribution in [0.3, 0.4) is 0 Å². The molecule has 0 aliphatic carbocycles. The molecule has 0 unspecified atom stereocenters. The summed E-state index contributed by atoms with van der Waals surface area (Å²) in [6, 6.07) is 3.41. The summed E-state index contributed by atoms with van der Waals surface area (Å²) >= 11 is 5.51. The second-order valence-corrected chi connectivity index (χ2v) is 3.79. The molecule has 18 heavy (non-hydrogen) atoms. The quantitative estimate of drug-likeness (QED) is 0.873. The molecular weight excluding hydrogens is 267 g/mol. The van der Waals surface area contributed by atoms with Gasteiger partial charge in [-0.15, -0.1) is 0 Å². The molecule has 0 aliphatic rings. The van der Waals surface area contributed by atoms with E-state index < -0.39 is 28.4 Å². The van der Waals surface area contributed by atoms with E-state index in [0.29, 0.717) is 5.56 Å². The summed E-state index contributed by atoms with van der Waals surface area (Å²) < 4.78 is 39.3. The predicted molar refractivity (Wildman–Crippen MR) is 60.7 cm³/mol. The van der Waals surface area contributed by atoms with Crippen molar-refractivity contribution >= 4 is 17.3 Å². The molecule has 7 heteroatoms. The fourth-order valence-corrected chi connectivity index (χ4v) is 1.53. The molecule has 0 amide bonds. The molecule has 2 heterocycles. The average molecular weight is 274 g/mol. The zero-order valence-corrected chi connectivity index (χ0v) is 9.68. The molecule has 0 aromatic carbocycles. The van der Waals surface area contributed by atoms with Crippen molar-refractivity contribution in [2.45, 2.75) is 6.54 Å². The maximum atomic E-state index is 13.4. The third-order valence-electron chi connectivity index (χ3n) is 2.19. The first-order valence-corrected chi connectivity index (χ1v) is 5.30. The molecular formula is C11H7ClF3N3. The first-order valence-electron chi connectivity index (χ1n) is 4.92. The highest BCUT2D eigenvalue weighted by Crippen LogP contribution is 2.28. The third kappa shape index (κ3) is 2.53. The number of rotatable bonds is 3. The predicted octanol–water partition coefficient (Wildman–Crippen LogP) is 3.16. The highest BCUT2D eigenvalue weighted by atomic mass is 35.5. The van der Waals surface area contributed by atoms with Gasteiger partial charge in [0.1, 0.15) is 5.02 Å². The number of nitrogens with one attached hydrogen (secondary N) is 1. The number of aromatic nitrogens is 2. The molecule has 0 radical (unpaired) electrons. The van der Waals surface area contributed by atoms with E-state index in [0.717, 1.165) is 0 Å². The van der Waals surface area contributed by atoms with Crippen LogP contribution in [0.5, 0.6) is 0 Å². The van der Waals surface area contributed by atoms with Gasteiger partial charge in [-0.3, -0.25) is 4.98 Å². The summed E-state index contributed by atoms with van der Waals surface area (Å²) in [6.45, 7) is 0.132. The lowest BCUT2D eigenvalue weighted by Gasteiger charge is -2.09. The van der Waals surface area contributed by atoms with E-state index in [1.807, 2.05) is 0 Å². The standard InChI is InChI=1S/C11H7ClF3N3/c12-7-9(8(13)11(15)18-10(7)14)17-5-6-2-1-3-16-4-6/h1-4H,5H2,(H,17,18). The van der Waals surface area contributed by atoms with Crippen molar-refractivity contribution in [1.29, 1.82) is 0 Å². The van der Waals surface area contributed by atoms with Gasteiger partial charge < -0.3 is 5.32 Å². The minimum atomic E-state index is -1.54. The molecule has 3 nitrogen and oxygen atoms in total. The summed E-state index contributed by atoms with van der Waals surface area (Å²) in [4.78, 5) is 6.55. The molecule has 0 fully saturated rings. The highest BCUT2D eigenvalue weighted by molar-refractivity contribution is 6.33. The van der Waals surface area contributed by atoms with Crippen LogP contribution in [-0.2, 0) is 6.54 Å². The highest BCUT2D eigenvalue weighted by Gasteiger charge is 2.18. The van der Waals surface area contributed by atoms with E-state index in [1.54, 1.807) is 18.3 Å². The molecule has 2 rings (SSSR count). The summed E-state index contributed by atoms with van der Waals surface area (Å²) in [6.07, 6.45) is 3.11. The molecule has 2 aromatic heterocycles. The Labute approximate surface area is 106 Å². The second kappa shape index (κ2) is 5.22. The van der Waals surface area contributed by atoms with Gasteiger partial charge in [-0.05, 0) is 11.6 Å². The summed E-state index contributed by atoms with van der Waals surface area (Å²) in [5, 5.41) is 1.93. The van der Waals surface area contributed by atoms with Crippen LogP contribution in [0.15, 0.2) is 24.5 Å². The Hall–Kier alpha value is -1.82. The van der Waals surface area contributed by atoms with Crippen LogP contribution in [0.25, 0.3) is 0 Å². The Morgan fingerprint density at radius 3 is 2.67 bits per heavy atom. The fourth-order valence-electron chi connectivity index (χ4n) is 1.34. The van der Waals surface area contributed by atoms with E-state index in [1.165, 1.54) is 6.20 Å². The lowest BCUT2D eigenvalue weighted by Crippen LogP contribution is -2.07. The lowest BCUT2D eigenvalue weighted by atomic mass is 10.2.